The second-order valence-corrected chi connectivity index (χ2v) is 9.33. The lowest BCUT2D eigenvalue weighted by Crippen LogP contribution is -2.49. The van der Waals surface area contributed by atoms with Crippen LogP contribution in [0.3, 0.4) is 0 Å². The highest BCUT2D eigenvalue weighted by Gasteiger charge is 2.61. The molecule has 1 heterocycles. The summed E-state index contributed by atoms with van der Waals surface area (Å²) in [6.45, 7) is 10.4. The fraction of sp³-hybridized carbons (Fsp3) is 0.619. The third-order valence-corrected chi connectivity index (χ3v) is 5.04. The van der Waals surface area contributed by atoms with Crippen molar-refractivity contribution in [2.75, 3.05) is 19.7 Å². The average Bonchev–Trinajstić information content (AvgIpc) is 3.07. The first-order chi connectivity index (χ1) is 13.0. The van der Waals surface area contributed by atoms with Crippen LogP contribution in [0.2, 0.25) is 0 Å². The predicted octanol–water partition coefficient (Wildman–Crippen LogP) is 3.21. The molecule has 7 heteroatoms. The zero-order valence-electron chi connectivity index (χ0n) is 17.1. The first-order valence-electron chi connectivity index (χ1n) is 9.64. The lowest BCUT2D eigenvalue weighted by molar-refractivity contribution is -0.125. The molecule has 2 fully saturated rings. The van der Waals surface area contributed by atoms with E-state index in [0.717, 1.165) is 0 Å². The second-order valence-electron chi connectivity index (χ2n) is 9.33. The van der Waals surface area contributed by atoms with Gasteiger partial charge in [-0.05, 0) is 58.6 Å². The van der Waals surface area contributed by atoms with Gasteiger partial charge in [0.2, 0.25) is 5.91 Å². The van der Waals surface area contributed by atoms with Gasteiger partial charge in [0.15, 0.2) is 11.6 Å². The van der Waals surface area contributed by atoms with Gasteiger partial charge in [-0.15, -0.1) is 0 Å². The van der Waals surface area contributed by atoms with Crippen molar-refractivity contribution in [3.8, 4) is 5.75 Å². The van der Waals surface area contributed by atoms with E-state index in [1.807, 2.05) is 34.6 Å². The van der Waals surface area contributed by atoms with Crippen LogP contribution in [0.5, 0.6) is 5.75 Å². The SMILES string of the molecule is CC(C)(COc1ccccc1F)NC(=O)C1[C@H]2CN(C(=O)OC(C)(C)C)C[C@@H]12. The van der Waals surface area contributed by atoms with E-state index in [2.05, 4.69) is 5.32 Å². The van der Waals surface area contributed by atoms with Crippen molar-refractivity contribution >= 4 is 12.0 Å². The number of para-hydroxylation sites is 1. The molecule has 0 radical (unpaired) electrons. The van der Waals surface area contributed by atoms with Crippen LogP contribution in [0.4, 0.5) is 9.18 Å². The van der Waals surface area contributed by atoms with Crippen LogP contribution in [-0.4, -0.2) is 47.7 Å². The van der Waals surface area contributed by atoms with Gasteiger partial charge < -0.3 is 19.7 Å². The standard InChI is InChI=1S/C21H29FN2O4/c1-20(2,3)28-19(26)24-10-13-14(11-24)17(13)18(25)23-21(4,5)12-27-16-9-7-6-8-15(16)22/h6-9,13-14,17H,10-12H2,1-5H3,(H,23,25)/t13-,14+,17?. The van der Waals surface area contributed by atoms with Gasteiger partial charge in [-0.25, -0.2) is 9.18 Å². The average molecular weight is 392 g/mol. The Bertz CT molecular complexity index is 747. The Hall–Kier alpha value is -2.31. The van der Waals surface area contributed by atoms with E-state index in [1.165, 1.54) is 6.07 Å². The summed E-state index contributed by atoms with van der Waals surface area (Å²) in [5.74, 6) is -0.0382. The summed E-state index contributed by atoms with van der Waals surface area (Å²) in [7, 11) is 0. The maximum Gasteiger partial charge on any atom is 0.410 e. The summed E-state index contributed by atoms with van der Waals surface area (Å²) in [4.78, 5) is 26.5. The van der Waals surface area contributed by atoms with Gasteiger partial charge in [-0.2, -0.15) is 0 Å². The fourth-order valence-corrected chi connectivity index (χ4v) is 3.66. The minimum atomic E-state index is -0.638. The van der Waals surface area contributed by atoms with Gasteiger partial charge in [0, 0.05) is 19.0 Å². The predicted molar refractivity (Wildman–Crippen MR) is 102 cm³/mol. The number of carbonyl (C=O) groups is 2. The van der Waals surface area contributed by atoms with Gasteiger partial charge in [-0.1, -0.05) is 12.1 Å². The highest BCUT2D eigenvalue weighted by atomic mass is 19.1. The molecule has 0 spiro atoms. The Balaban J connectivity index is 1.46. The maximum atomic E-state index is 13.7. The van der Waals surface area contributed by atoms with Crippen LogP contribution in [0.25, 0.3) is 0 Å². The molecule has 1 saturated carbocycles. The van der Waals surface area contributed by atoms with E-state index >= 15 is 0 Å². The highest BCUT2D eigenvalue weighted by Crippen LogP contribution is 2.52. The fourth-order valence-electron chi connectivity index (χ4n) is 3.66. The summed E-state index contributed by atoms with van der Waals surface area (Å²) < 4.78 is 24.6. The molecule has 1 unspecified atom stereocenters. The minimum absolute atomic E-state index is 0.0408. The second kappa shape index (κ2) is 7.26. The molecule has 0 bridgehead atoms. The molecule has 3 rings (SSSR count). The van der Waals surface area contributed by atoms with Crippen molar-refractivity contribution in [1.82, 2.24) is 10.2 Å². The third kappa shape index (κ3) is 4.75. The summed E-state index contributed by atoms with van der Waals surface area (Å²) in [6, 6.07) is 6.19. The van der Waals surface area contributed by atoms with Crippen LogP contribution in [-0.2, 0) is 9.53 Å². The van der Waals surface area contributed by atoms with E-state index in [-0.39, 0.29) is 42.1 Å². The molecule has 154 valence electrons. The van der Waals surface area contributed by atoms with Gasteiger partial charge in [0.1, 0.15) is 12.2 Å². The number of ether oxygens (including phenoxy) is 2. The van der Waals surface area contributed by atoms with E-state index in [9.17, 15) is 14.0 Å². The smallest absolute Gasteiger partial charge is 0.410 e. The summed E-state index contributed by atoms with van der Waals surface area (Å²) in [6.07, 6.45) is -0.322. The molecule has 1 N–H and O–H groups in total. The van der Waals surface area contributed by atoms with Gasteiger partial charge in [0.05, 0.1) is 5.54 Å². The van der Waals surface area contributed by atoms with Crippen LogP contribution in [0.1, 0.15) is 34.6 Å². The van der Waals surface area contributed by atoms with Crippen molar-refractivity contribution < 1.29 is 23.5 Å². The number of fused-ring (bicyclic) bond motifs is 1. The molecule has 3 atom stereocenters. The highest BCUT2D eigenvalue weighted by molar-refractivity contribution is 5.84. The Labute approximate surface area is 165 Å². The summed E-state index contributed by atoms with van der Waals surface area (Å²) in [5.41, 5.74) is -1.16. The van der Waals surface area contributed by atoms with Gasteiger partial charge in [-0.3, -0.25) is 4.79 Å². The number of nitrogens with zero attached hydrogens (tertiary/aromatic N) is 1. The van der Waals surface area contributed by atoms with E-state index < -0.39 is 17.0 Å². The van der Waals surface area contributed by atoms with Crippen molar-refractivity contribution in [2.24, 2.45) is 17.8 Å². The zero-order chi connectivity index (χ0) is 20.7. The molecule has 28 heavy (non-hydrogen) atoms. The maximum absolute atomic E-state index is 13.7. The molecule has 1 aliphatic heterocycles. The first kappa shape index (κ1) is 20.4. The van der Waals surface area contributed by atoms with E-state index in [1.54, 1.807) is 23.1 Å². The lowest BCUT2D eigenvalue weighted by atomic mass is 10.1. The molecular weight excluding hydrogens is 363 g/mol. The number of piperidine rings is 1. The molecule has 6 nitrogen and oxygen atoms in total. The van der Waals surface area contributed by atoms with Gasteiger partial charge >= 0.3 is 6.09 Å². The number of likely N-dealkylation sites (tertiary alicyclic amines) is 1. The first-order valence-corrected chi connectivity index (χ1v) is 9.64. The quantitative estimate of drug-likeness (QED) is 0.836. The molecule has 1 aromatic rings. The summed E-state index contributed by atoms with van der Waals surface area (Å²) in [5, 5.41) is 3.00. The van der Waals surface area contributed by atoms with E-state index in [0.29, 0.717) is 13.1 Å². The third-order valence-electron chi connectivity index (χ3n) is 5.04. The molecule has 0 aromatic heterocycles. The Morgan fingerprint density at radius 3 is 2.32 bits per heavy atom. The monoisotopic (exact) mass is 392 g/mol. The van der Waals surface area contributed by atoms with Crippen molar-refractivity contribution in [3.63, 3.8) is 0 Å². The van der Waals surface area contributed by atoms with Gasteiger partial charge in [0.25, 0.3) is 0 Å². The lowest BCUT2D eigenvalue weighted by Gasteiger charge is -2.28. The van der Waals surface area contributed by atoms with E-state index in [4.69, 9.17) is 9.47 Å². The van der Waals surface area contributed by atoms with Crippen molar-refractivity contribution in [3.05, 3.63) is 30.1 Å². The Kier molecular flexibility index (Phi) is 5.30. The normalized spacial score (nSPS) is 23.8. The Morgan fingerprint density at radius 1 is 1.14 bits per heavy atom. The number of hydrogen-bond acceptors (Lipinski definition) is 4. The molecule has 1 aliphatic carbocycles. The van der Waals surface area contributed by atoms with Crippen LogP contribution in [0.15, 0.2) is 24.3 Å². The number of hydrogen-bond donors (Lipinski definition) is 1. The molecule has 1 saturated heterocycles. The zero-order valence-corrected chi connectivity index (χ0v) is 17.1. The van der Waals surface area contributed by atoms with Crippen molar-refractivity contribution in [2.45, 2.75) is 45.8 Å². The minimum Gasteiger partial charge on any atom is -0.488 e. The molecule has 2 amide bonds. The summed E-state index contributed by atoms with van der Waals surface area (Å²) >= 11 is 0. The van der Waals surface area contributed by atoms with Crippen LogP contribution >= 0.6 is 0 Å². The molecular formula is C21H29FN2O4. The van der Waals surface area contributed by atoms with Crippen LogP contribution < -0.4 is 10.1 Å². The topological polar surface area (TPSA) is 67.9 Å². The number of nitrogens with one attached hydrogen (secondary N) is 1. The van der Waals surface area contributed by atoms with Crippen LogP contribution in [0, 0.1) is 23.6 Å². The number of carbonyl (C=O) groups excluding carboxylic acids is 2. The molecule has 2 aliphatic rings. The Morgan fingerprint density at radius 2 is 1.75 bits per heavy atom. The number of rotatable bonds is 5. The number of halogens is 1. The number of amides is 2. The molecule has 1 aromatic carbocycles. The largest absolute Gasteiger partial charge is 0.488 e. The van der Waals surface area contributed by atoms with Crippen molar-refractivity contribution in [1.29, 1.82) is 0 Å². The number of benzene rings is 1.